The molecule has 0 radical (unpaired) electrons. The highest BCUT2D eigenvalue weighted by Crippen LogP contribution is 1.89. The van der Waals surface area contributed by atoms with Crippen LogP contribution in [-0.4, -0.2) is 37.5 Å². The van der Waals surface area contributed by atoms with Gasteiger partial charge in [-0.05, 0) is 13.1 Å². The normalized spacial score (nSPS) is 9.08. The van der Waals surface area contributed by atoms with E-state index >= 15 is 0 Å². The Hall–Kier alpha value is -1.09. The molecule has 0 aliphatic heterocycles. The van der Waals surface area contributed by atoms with Crippen molar-refractivity contribution in [1.29, 1.82) is 0 Å². The standard InChI is InChI=1S/C9H16N2O/c1-4-7-11(8-6-10-3)9(12)5-2/h4-5,10H,1-2,6-8H2,3H3. The average Bonchev–Trinajstić information content (AvgIpc) is 2.11. The third kappa shape index (κ3) is 3.93. The van der Waals surface area contributed by atoms with E-state index in [-0.39, 0.29) is 5.91 Å². The molecule has 0 spiro atoms. The fraction of sp³-hybridized carbons (Fsp3) is 0.444. The SMILES string of the molecule is C=CCN(CCNC)C(=O)C=C. The topological polar surface area (TPSA) is 32.3 Å². The van der Waals surface area contributed by atoms with Crippen molar-refractivity contribution in [3.05, 3.63) is 25.3 Å². The van der Waals surface area contributed by atoms with E-state index in [1.165, 1.54) is 6.08 Å². The van der Waals surface area contributed by atoms with Gasteiger partial charge in [0.1, 0.15) is 0 Å². The van der Waals surface area contributed by atoms with Crippen molar-refractivity contribution < 1.29 is 4.79 Å². The summed E-state index contributed by atoms with van der Waals surface area (Å²) in [5.74, 6) is -0.0508. The summed E-state index contributed by atoms with van der Waals surface area (Å²) >= 11 is 0. The van der Waals surface area contributed by atoms with E-state index in [4.69, 9.17) is 0 Å². The lowest BCUT2D eigenvalue weighted by Crippen LogP contribution is -2.35. The molecule has 0 aromatic carbocycles. The van der Waals surface area contributed by atoms with Crippen LogP contribution in [0.4, 0.5) is 0 Å². The molecule has 0 aromatic heterocycles. The van der Waals surface area contributed by atoms with Crippen LogP contribution in [0.25, 0.3) is 0 Å². The third-order valence-electron chi connectivity index (χ3n) is 1.47. The summed E-state index contributed by atoms with van der Waals surface area (Å²) in [4.78, 5) is 12.8. The molecule has 0 atom stereocenters. The fourth-order valence-corrected chi connectivity index (χ4v) is 0.823. The lowest BCUT2D eigenvalue weighted by atomic mass is 10.4. The van der Waals surface area contributed by atoms with Gasteiger partial charge < -0.3 is 10.2 Å². The van der Waals surface area contributed by atoms with Gasteiger partial charge in [-0.1, -0.05) is 12.7 Å². The minimum atomic E-state index is -0.0508. The fourth-order valence-electron chi connectivity index (χ4n) is 0.823. The van der Waals surface area contributed by atoms with Crippen LogP contribution in [0.1, 0.15) is 0 Å². The van der Waals surface area contributed by atoms with Crippen molar-refractivity contribution in [2.45, 2.75) is 0 Å². The number of nitrogens with one attached hydrogen (secondary N) is 1. The molecule has 12 heavy (non-hydrogen) atoms. The van der Waals surface area contributed by atoms with Gasteiger partial charge in [0.15, 0.2) is 0 Å². The zero-order valence-corrected chi connectivity index (χ0v) is 7.55. The molecule has 0 aliphatic rings. The summed E-state index contributed by atoms with van der Waals surface area (Å²) in [6.45, 7) is 9.05. The number of rotatable bonds is 6. The Labute approximate surface area is 73.8 Å². The Morgan fingerprint density at radius 1 is 1.58 bits per heavy atom. The first-order chi connectivity index (χ1) is 5.76. The van der Waals surface area contributed by atoms with Crippen LogP contribution in [0.15, 0.2) is 25.3 Å². The van der Waals surface area contributed by atoms with E-state index in [1.807, 2.05) is 7.05 Å². The van der Waals surface area contributed by atoms with E-state index in [2.05, 4.69) is 18.5 Å². The molecule has 1 N–H and O–H groups in total. The van der Waals surface area contributed by atoms with Gasteiger partial charge in [-0.3, -0.25) is 4.79 Å². The first kappa shape index (κ1) is 10.9. The van der Waals surface area contributed by atoms with Gasteiger partial charge in [0.2, 0.25) is 5.91 Å². The number of hydrogen-bond acceptors (Lipinski definition) is 2. The first-order valence-corrected chi connectivity index (χ1v) is 3.93. The van der Waals surface area contributed by atoms with Gasteiger partial charge in [0.25, 0.3) is 0 Å². The highest BCUT2D eigenvalue weighted by Gasteiger charge is 2.05. The molecule has 0 heterocycles. The largest absolute Gasteiger partial charge is 0.334 e. The Morgan fingerprint density at radius 2 is 2.25 bits per heavy atom. The molecule has 68 valence electrons. The number of amides is 1. The summed E-state index contributed by atoms with van der Waals surface area (Å²) in [6, 6.07) is 0. The molecular weight excluding hydrogens is 152 g/mol. The molecule has 0 saturated heterocycles. The van der Waals surface area contributed by atoms with Gasteiger partial charge >= 0.3 is 0 Å². The van der Waals surface area contributed by atoms with Gasteiger partial charge in [-0.25, -0.2) is 0 Å². The monoisotopic (exact) mass is 168 g/mol. The van der Waals surface area contributed by atoms with E-state index in [0.29, 0.717) is 13.1 Å². The quantitative estimate of drug-likeness (QED) is 0.460. The average molecular weight is 168 g/mol. The lowest BCUT2D eigenvalue weighted by molar-refractivity contribution is -0.125. The molecule has 0 aliphatic carbocycles. The van der Waals surface area contributed by atoms with E-state index in [9.17, 15) is 4.79 Å². The maximum Gasteiger partial charge on any atom is 0.246 e. The van der Waals surface area contributed by atoms with Gasteiger partial charge in [-0.15, -0.1) is 6.58 Å². The Bertz CT molecular complexity index is 166. The van der Waals surface area contributed by atoms with Crippen LogP contribution in [0, 0.1) is 0 Å². The summed E-state index contributed by atoms with van der Waals surface area (Å²) in [5.41, 5.74) is 0. The molecule has 0 rings (SSSR count). The van der Waals surface area contributed by atoms with Crippen LogP contribution in [0.3, 0.4) is 0 Å². The predicted octanol–water partition coefficient (Wildman–Crippen LogP) is 0.406. The second-order valence-electron chi connectivity index (χ2n) is 2.38. The van der Waals surface area contributed by atoms with Crippen LogP contribution >= 0.6 is 0 Å². The molecule has 3 heteroatoms. The summed E-state index contributed by atoms with van der Waals surface area (Å²) in [5, 5.41) is 2.97. The van der Waals surface area contributed by atoms with Gasteiger partial charge in [0, 0.05) is 19.6 Å². The molecule has 0 aromatic rings. The van der Waals surface area contributed by atoms with Crippen molar-refractivity contribution in [1.82, 2.24) is 10.2 Å². The number of nitrogens with zero attached hydrogens (tertiary/aromatic N) is 1. The Balaban J connectivity index is 3.92. The molecule has 0 saturated carbocycles. The van der Waals surface area contributed by atoms with E-state index in [1.54, 1.807) is 11.0 Å². The minimum Gasteiger partial charge on any atom is -0.334 e. The predicted molar refractivity (Wildman–Crippen MR) is 50.9 cm³/mol. The summed E-state index contributed by atoms with van der Waals surface area (Å²) in [7, 11) is 1.85. The molecule has 1 amide bonds. The molecule has 0 unspecified atom stereocenters. The zero-order valence-electron chi connectivity index (χ0n) is 7.55. The van der Waals surface area contributed by atoms with Crippen molar-refractivity contribution in [2.24, 2.45) is 0 Å². The number of hydrogen-bond donors (Lipinski definition) is 1. The van der Waals surface area contributed by atoms with Crippen LogP contribution in [0.5, 0.6) is 0 Å². The number of carbonyl (C=O) groups excluding carboxylic acids is 1. The molecular formula is C9H16N2O. The Kier molecular flexibility index (Phi) is 6.01. The van der Waals surface area contributed by atoms with Crippen molar-refractivity contribution in [3.8, 4) is 0 Å². The highest BCUT2D eigenvalue weighted by atomic mass is 16.2. The minimum absolute atomic E-state index is 0.0508. The zero-order chi connectivity index (χ0) is 9.40. The third-order valence-corrected chi connectivity index (χ3v) is 1.47. The summed E-state index contributed by atoms with van der Waals surface area (Å²) < 4.78 is 0. The Morgan fingerprint density at radius 3 is 2.67 bits per heavy atom. The first-order valence-electron chi connectivity index (χ1n) is 3.93. The summed E-state index contributed by atoms with van der Waals surface area (Å²) in [6.07, 6.45) is 3.02. The molecule has 0 bridgehead atoms. The van der Waals surface area contributed by atoms with Crippen molar-refractivity contribution in [3.63, 3.8) is 0 Å². The second-order valence-corrected chi connectivity index (χ2v) is 2.38. The number of carbonyl (C=O) groups is 1. The van der Waals surface area contributed by atoms with Crippen molar-refractivity contribution >= 4 is 5.91 Å². The van der Waals surface area contributed by atoms with Gasteiger partial charge in [-0.2, -0.15) is 0 Å². The van der Waals surface area contributed by atoms with E-state index < -0.39 is 0 Å². The maximum absolute atomic E-state index is 11.1. The van der Waals surface area contributed by atoms with Crippen molar-refractivity contribution in [2.75, 3.05) is 26.7 Å². The maximum atomic E-state index is 11.1. The lowest BCUT2D eigenvalue weighted by Gasteiger charge is -2.18. The second kappa shape index (κ2) is 6.61. The highest BCUT2D eigenvalue weighted by molar-refractivity contribution is 5.87. The van der Waals surface area contributed by atoms with Crippen LogP contribution in [0.2, 0.25) is 0 Å². The molecule has 3 nitrogen and oxygen atoms in total. The van der Waals surface area contributed by atoms with Gasteiger partial charge in [0.05, 0.1) is 0 Å². The molecule has 0 fully saturated rings. The number of likely N-dealkylation sites (N-methyl/N-ethyl adjacent to an activating group) is 1. The smallest absolute Gasteiger partial charge is 0.246 e. The van der Waals surface area contributed by atoms with E-state index in [0.717, 1.165) is 6.54 Å². The van der Waals surface area contributed by atoms with Crippen LogP contribution < -0.4 is 5.32 Å². The van der Waals surface area contributed by atoms with Crippen LogP contribution in [-0.2, 0) is 4.79 Å².